The van der Waals surface area contributed by atoms with E-state index in [1.54, 1.807) is 0 Å². The van der Waals surface area contributed by atoms with E-state index in [2.05, 4.69) is 34.5 Å². The van der Waals surface area contributed by atoms with Crippen LogP contribution in [0.4, 0.5) is 5.69 Å². The first-order valence-electron chi connectivity index (χ1n) is 10.1. The smallest absolute Gasteiger partial charge is 0.225 e. The number of nitrogens with one attached hydrogen (secondary N) is 1. The molecular formula is C21H29N3O2. The Morgan fingerprint density at radius 1 is 1.15 bits per heavy atom. The predicted molar refractivity (Wildman–Crippen MR) is 102 cm³/mol. The largest absolute Gasteiger partial charge is 0.370 e. The zero-order valence-corrected chi connectivity index (χ0v) is 15.5. The Labute approximate surface area is 155 Å². The van der Waals surface area contributed by atoms with Gasteiger partial charge in [-0.3, -0.25) is 9.59 Å². The highest BCUT2D eigenvalue weighted by atomic mass is 16.2. The standard InChI is InChI=1S/C21H29N3O2/c25-20-14-17(15-24(20)18-8-2-3-9-18)21(26)22-11-13-23-12-5-7-16-6-1-4-10-19(16)23/h1,4,6,10,17-18H,2-3,5,7-9,11-15H2,(H,22,26). The number of carbonyl (C=O) groups is 2. The minimum atomic E-state index is -0.170. The fraction of sp³-hybridized carbons (Fsp3) is 0.619. The average Bonchev–Trinajstić information content (AvgIpc) is 3.31. The quantitative estimate of drug-likeness (QED) is 0.882. The highest BCUT2D eigenvalue weighted by Crippen LogP contribution is 2.29. The van der Waals surface area contributed by atoms with Gasteiger partial charge in [-0.15, -0.1) is 0 Å². The molecule has 2 fully saturated rings. The Hall–Kier alpha value is -2.04. The van der Waals surface area contributed by atoms with Crippen LogP contribution < -0.4 is 10.2 Å². The van der Waals surface area contributed by atoms with Gasteiger partial charge >= 0.3 is 0 Å². The number of benzene rings is 1. The van der Waals surface area contributed by atoms with E-state index in [9.17, 15) is 9.59 Å². The van der Waals surface area contributed by atoms with Crippen molar-refractivity contribution >= 4 is 17.5 Å². The number of hydrogen-bond donors (Lipinski definition) is 1. The first-order chi connectivity index (χ1) is 12.7. The van der Waals surface area contributed by atoms with Crippen molar-refractivity contribution in [3.63, 3.8) is 0 Å². The number of fused-ring (bicyclic) bond motifs is 1. The van der Waals surface area contributed by atoms with Gasteiger partial charge in [0.15, 0.2) is 0 Å². The normalized spacial score (nSPS) is 23.4. The maximum Gasteiger partial charge on any atom is 0.225 e. The number of amides is 2. The molecule has 0 spiro atoms. The van der Waals surface area contributed by atoms with Gasteiger partial charge in [0, 0.05) is 44.3 Å². The SMILES string of the molecule is O=C(NCCN1CCCc2ccccc21)C1CC(=O)N(C2CCCC2)C1. The van der Waals surface area contributed by atoms with Crippen molar-refractivity contribution in [3.8, 4) is 0 Å². The van der Waals surface area contributed by atoms with Crippen molar-refractivity contribution in [1.82, 2.24) is 10.2 Å². The molecule has 2 heterocycles. The zero-order valence-electron chi connectivity index (χ0n) is 15.5. The fourth-order valence-corrected chi connectivity index (χ4v) is 4.78. The molecule has 1 atom stereocenters. The second-order valence-corrected chi connectivity index (χ2v) is 7.90. The number of carbonyl (C=O) groups excluding carboxylic acids is 2. The average molecular weight is 355 g/mol. The Kier molecular flexibility index (Phi) is 5.14. The van der Waals surface area contributed by atoms with Gasteiger partial charge in [0.1, 0.15) is 0 Å². The summed E-state index contributed by atoms with van der Waals surface area (Å²) in [5, 5.41) is 3.07. The molecule has 2 amide bonds. The second kappa shape index (κ2) is 7.68. The third kappa shape index (κ3) is 3.57. The molecule has 0 radical (unpaired) electrons. The molecule has 0 aromatic heterocycles. The Morgan fingerprint density at radius 2 is 1.96 bits per heavy atom. The number of para-hydroxylation sites is 1. The molecule has 140 valence electrons. The molecule has 1 saturated heterocycles. The summed E-state index contributed by atoms with van der Waals surface area (Å²) in [6.07, 6.45) is 7.32. The fourth-order valence-electron chi connectivity index (χ4n) is 4.78. The lowest BCUT2D eigenvalue weighted by Crippen LogP contribution is -2.40. The van der Waals surface area contributed by atoms with Crippen molar-refractivity contribution in [2.24, 2.45) is 5.92 Å². The number of aryl methyl sites for hydroxylation is 1. The van der Waals surface area contributed by atoms with E-state index >= 15 is 0 Å². The molecule has 5 heteroatoms. The van der Waals surface area contributed by atoms with Crippen LogP contribution in [-0.2, 0) is 16.0 Å². The molecule has 0 bridgehead atoms. The number of rotatable bonds is 5. The van der Waals surface area contributed by atoms with Crippen molar-refractivity contribution in [3.05, 3.63) is 29.8 Å². The van der Waals surface area contributed by atoms with Gasteiger partial charge in [0.05, 0.1) is 5.92 Å². The molecule has 1 aromatic rings. The molecule has 1 unspecified atom stereocenters. The van der Waals surface area contributed by atoms with E-state index < -0.39 is 0 Å². The number of hydrogen-bond acceptors (Lipinski definition) is 3. The van der Waals surface area contributed by atoms with Gasteiger partial charge < -0.3 is 15.1 Å². The van der Waals surface area contributed by atoms with Crippen LogP contribution in [0.25, 0.3) is 0 Å². The lowest BCUT2D eigenvalue weighted by atomic mass is 10.0. The molecule has 3 aliphatic rings. The van der Waals surface area contributed by atoms with Gasteiger partial charge in [0.25, 0.3) is 0 Å². The second-order valence-electron chi connectivity index (χ2n) is 7.90. The van der Waals surface area contributed by atoms with Crippen molar-refractivity contribution < 1.29 is 9.59 Å². The van der Waals surface area contributed by atoms with E-state index in [0.717, 1.165) is 32.4 Å². The Balaban J connectivity index is 1.27. The van der Waals surface area contributed by atoms with Gasteiger partial charge in [-0.05, 0) is 37.3 Å². The van der Waals surface area contributed by atoms with E-state index in [4.69, 9.17) is 0 Å². The van der Waals surface area contributed by atoms with Crippen molar-refractivity contribution in [2.75, 3.05) is 31.1 Å². The Morgan fingerprint density at radius 3 is 2.81 bits per heavy atom. The third-order valence-corrected chi connectivity index (χ3v) is 6.18. The molecule has 1 saturated carbocycles. The number of likely N-dealkylation sites (tertiary alicyclic amines) is 1. The van der Waals surface area contributed by atoms with Crippen LogP contribution >= 0.6 is 0 Å². The van der Waals surface area contributed by atoms with Crippen LogP contribution in [-0.4, -0.2) is 48.9 Å². The molecule has 1 aliphatic carbocycles. The molecular weight excluding hydrogens is 326 g/mol. The van der Waals surface area contributed by atoms with E-state index in [1.807, 2.05) is 4.90 Å². The molecule has 26 heavy (non-hydrogen) atoms. The summed E-state index contributed by atoms with van der Waals surface area (Å²) in [7, 11) is 0. The van der Waals surface area contributed by atoms with Crippen molar-refractivity contribution in [2.45, 2.75) is 51.0 Å². The van der Waals surface area contributed by atoms with E-state index in [1.165, 1.54) is 30.5 Å². The molecule has 2 aliphatic heterocycles. The van der Waals surface area contributed by atoms with Crippen LogP contribution in [0.3, 0.4) is 0 Å². The lowest BCUT2D eigenvalue weighted by molar-refractivity contribution is -0.130. The first-order valence-corrected chi connectivity index (χ1v) is 10.1. The molecule has 4 rings (SSSR count). The van der Waals surface area contributed by atoms with Gasteiger partial charge in [-0.2, -0.15) is 0 Å². The summed E-state index contributed by atoms with van der Waals surface area (Å²) in [5.41, 5.74) is 2.70. The monoisotopic (exact) mass is 355 g/mol. The number of nitrogens with zero attached hydrogens (tertiary/aromatic N) is 2. The minimum Gasteiger partial charge on any atom is -0.370 e. The minimum absolute atomic E-state index is 0.0455. The summed E-state index contributed by atoms with van der Waals surface area (Å²) in [5.74, 6) is 0.0443. The van der Waals surface area contributed by atoms with Gasteiger partial charge in [-0.25, -0.2) is 0 Å². The summed E-state index contributed by atoms with van der Waals surface area (Å²) in [4.78, 5) is 29.1. The summed E-state index contributed by atoms with van der Waals surface area (Å²) in [6, 6.07) is 8.92. The lowest BCUT2D eigenvalue weighted by Gasteiger charge is -2.31. The van der Waals surface area contributed by atoms with Crippen LogP contribution in [0.15, 0.2) is 24.3 Å². The molecule has 1 aromatic carbocycles. The summed E-state index contributed by atoms with van der Waals surface area (Å²) in [6.45, 7) is 3.13. The third-order valence-electron chi connectivity index (χ3n) is 6.18. The first kappa shape index (κ1) is 17.4. The number of anilines is 1. The van der Waals surface area contributed by atoms with Crippen LogP contribution in [0.2, 0.25) is 0 Å². The maximum atomic E-state index is 12.5. The van der Waals surface area contributed by atoms with E-state index in [0.29, 0.717) is 25.6 Å². The molecule has 1 N–H and O–H groups in total. The summed E-state index contributed by atoms with van der Waals surface area (Å²) < 4.78 is 0. The highest BCUT2D eigenvalue weighted by molar-refractivity contribution is 5.89. The van der Waals surface area contributed by atoms with E-state index in [-0.39, 0.29) is 17.7 Å². The Bertz CT molecular complexity index is 669. The van der Waals surface area contributed by atoms with Crippen LogP contribution in [0.1, 0.15) is 44.1 Å². The van der Waals surface area contributed by atoms with Crippen molar-refractivity contribution in [1.29, 1.82) is 0 Å². The highest BCUT2D eigenvalue weighted by Gasteiger charge is 2.38. The molecule has 5 nitrogen and oxygen atoms in total. The topological polar surface area (TPSA) is 52.7 Å². The van der Waals surface area contributed by atoms with Gasteiger partial charge in [-0.1, -0.05) is 31.0 Å². The maximum absolute atomic E-state index is 12.5. The van der Waals surface area contributed by atoms with Crippen LogP contribution in [0, 0.1) is 5.92 Å². The van der Waals surface area contributed by atoms with Crippen LogP contribution in [0.5, 0.6) is 0 Å². The zero-order chi connectivity index (χ0) is 17.9. The predicted octanol–water partition coefficient (Wildman–Crippen LogP) is 2.35. The summed E-state index contributed by atoms with van der Waals surface area (Å²) >= 11 is 0. The van der Waals surface area contributed by atoms with Gasteiger partial charge in [0.2, 0.25) is 11.8 Å².